The quantitative estimate of drug-likeness (QED) is 0.500. The fraction of sp³-hybridized carbons (Fsp3) is 0.600. The minimum absolute atomic E-state index is 0. The first-order chi connectivity index (χ1) is 6.87. The first-order valence-corrected chi connectivity index (χ1v) is 3.35. The third-order valence-corrected chi connectivity index (χ3v) is 1.63. The molecule has 90 valence electrons. The van der Waals surface area contributed by atoms with Gasteiger partial charge in [0.05, 0.1) is 0 Å². The molecule has 0 aromatic carbocycles. The van der Waals surface area contributed by atoms with E-state index in [0.29, 0.717) is 0 Å². The molecule has 0 N–H and O–H groups in total. The molecule has 0 saturated carbocycles. The van der Waals surface area contributed by atoms with Gasteiger partial charge in [-0.25, -0.2) is 19.3 Å². The Balaban J connectivity index is 0. The first-order valence-electron chi connectivity index (χ1n) is 3.35. The minimum atomic E-state index is -6.81. The molecule has 0 saturated heterocycles. The molecule has 0 aliphatic rings. The maximum absolute atomic E-state index is 12.7. The summed E-state index contributed by atoms with van der Waals surface area (Å²) in [5, 5.41) is 15.5. The molecule has 0 aliphatic carbocycles. The summed E-state index contributed by atoms with van der Waals surface area (Å²) in [7, 11) is 0. The topological polar surface area (TPSA) is 47.6 Å². The second-order valence-electron chi connectivity index (χ2n) is 2.71. The van der Waals surface area contributed by atoms with Gasteiger partial charge in [0.25, 0.3) is 5.82 Å². The summed E-state index contributed by atoms with van der Waals surface area (Å²) < 4.78 is 96.6. The Kier molecular flexibility index (Phi) is 6.36. The van der Waals surface area contributed by atoms with Gasteiger partial charge in [0.2, 0.25) is 0 Å². The molecule has 0 amide bonds. The van der Waals surface area contributed by atoms with E-state index in [-0.39, 0.29) is 70.1 Å². The van der Waals surface area contributed by atoms with E-state index in [1.807, 2.05) is 0 Å². The monoisotopic (exact) mass is 336 g/mol. The Bertz CT molecular complexity index is 352. The summed E-state index contributed by atoms with van der Waals surface area (Å²) in [4.78, 5) is 0. The van der Waals surface area contributed by atoms with E-state index in [9.17, 15) is 35.0 Å². The van der Waals surface area contributed by atoms with Gasteiger partial charge >= 0.3 is 76.7 Å². The van der Waals surface area contributed by atoms with Gasteiger partial charge in [-0.1, -0.05) is 11.9 Å². The van der Waals surface area contributed by atoms with Crippen LogP contribution in [0, 0.1) is 22.5 Å². The molecule has 12 heteroatoms. The van der Waals surface area contributed by atoms with Crippen molar-refractivity contribution in [2.75, 3.05) is 0 Å². The Labute approximate surface area is 138 Å². The van der Waals surface area contributed by atoms with E-state index in [1.54, 1.807) is 0 Å². The molecule has 0 unspecified atom stereocenters. The average molecular weight is 336 g/mol. The molecule has 0 radical (unpaired) electrons. The van der Waals surface area contributed by atoms with Gasteiger partial charge in [-0.15, -0.1) is 0 Å². The van der Waals surface area contributed by atoms with E-state index in [2.05, 4.69) is 0 Å². The second-order valence-corrected chi connectivity index (χ2v) is 2.71. The van der Waals surface area contributed by atoms with Crippen molar-refractivity contribution in [2.45, 2.75) is 17.9 Å². The van der Waals surface area contributed by atoms with Crippen LogP contribution in [0.25, 0.3) is 0 Å². The van der Waals surface area contributed by atoms with Crippen LogP contribution in [-0.2, 0) is 0 Å². The van der Waals surface area contributed by atoms with Crippen LogP contribution in [0.15, 0.2) is 0 Å². The van der Waals surface area contributed by atoms with Crippen molar-refractivity contribution in [3.63, 3.8) is 0 Å². The van der Waals surface area contributed by atoms with Gasteiger partial charge < -0.3 is 4.32 Å². The summed E-state index contributed by atoms with van der Waals surface area (Å²) in [5.41, 5.74) is 0. The predicted octanol–water partition coefficient (Wildman–Crippen LogP) is -0.597. The largest absolute Gasteiger partial charge is 1.00 e. The maximum atomic E-state index is 12.7. The summed E-state index contributed by atoms with van der Waals surface area (Å²) in [6.07, 6.45) is -12.8. The van der Waals surface area contributed by atoms with E-state index >= 15 is 0 Å². The van der Waals surface area contributed by atoms with Crippen LogP contribution in [-0.4, -0.2) is 24.3 Å². The predicted molar refractivity (Wildman–Crippen MR) is 34.0 cm³/mol. The van der Waals surface area contributed by atoms with Gasteiger partial charge in [0.15, 0.2) is 0 Å². The normalized spacial score (nSPS) is 13.3. The van der Waals surface area contributed by atoms with Crippen molar-refractivity contribution in [2.24, 2.45) is 0 Å². The zero-order valence-corrected chi connectivity index (χ0v) is 12.9. The molecule has 0 atom stereocenters. The van der Waals surface area contributed by atoms with Crippen molar-refractivity contribution in [3.8, 4) is 11.9 Å². The van der Waals surface area contributed by atoms with Crippen molar-refractivity contribution in [3.05, 3.63) is 0 Å². The van der Waals surface area contributed by atoms with Crippen LogP contribution in [0.3, 0.4) is 0 Å². The Morgan fingerprint density at radius 3 is 1.29 bits per heavy atom. The van der Waals surface area contributed by atoms with Crippen LogP contribution in [0.4, 0.5) is 35.0 Å². The first kappa shape index (κ1) is 19.6. The van der Waals surface area contributed by atoms with Gasteiger partial charge in [-0.3, -0.25) is 0 Å². The summed E-state index contributed by atoms with van der Waals surface area (Å²) in [6, 6.07) is 0. The third kappa shape index (κ3) is 3.00. The number of hydrogen-bond acceptors (Lipinski definition) is 2. The van der Waals surface area contributed by atoms with Gasteiger partial charge in [-0.2, -0.15) is 22.0 Å². The maximum Gasteiger partial charge on any atom is 1.00 e. The molecule has 0 aromatic heterocycles. The SMILES string of the molecule is N#C[B-](F)(C#N)C(F)(F)C(F)(F)C(F)(F)F.[Rb+]. The fourth-order valence-corrected chi connectivity index (χ4v) is 0.630. The number of halogens is 8. The molecule has 0 rings (SSSR count). The molecule has 0 bridgehead atoms. The van der Waals surface area contributed by atoms with E-state index < -0.39 is 24.3 Å². The molecular formula is C5BF8N2Rb. The van der Waals surface area contributed by atoms with E-state index in [1.165, 1.54) is 0 Å². The van der Waals surface area contributed by atoms with Crippen LogP contribution in [0.2, 0.25) is 0 Å². The Hall–Kier alpha value is 0.290. The molecule has 0 fully saturated rings. The van der Waals surface area contributed by atoms with Gasteiger partial charge in [-0.05, 0) is 0 Å². The zero-order chi connectivity index (χ0) is 13.4. The van der Waals surface area contributed by atoms with Gasteiger partial charge in [0.1, 0.15) is 0 Å². The van der Waals surface area contributed by atoms with Crippen molar-refractivity contribution < 1.29 is 93.2 Å². The zero-order valence-electron chi connectivity index (χ0n) is 8.00. The van der Waals surface area contributed by atoms with Crippen LogP contribution in [0.5, 0.6) is 0 Å². The molecule has 17 heavy (non-hydrogen) atoms. The fourth-order valence-electron chi connectivity index (χ4n) is 0.630. The van der Waals surface area contributed by atoms with E-state index in [4.69, 9.17) is 10.5 Å². The second kappa shape index (κ2) is 5.51. The van der Waals surface area contributed by atoms with E-state index in [0.717, 1.165) is 0 Å². The van der Waals surface area contributed by atoms with Crippen LogP contribution < -0.4 is 58.2 Å². The number of hydrogen-bond donors (Lipinski definition) is 0. The Morgan fingerprint density at radius 2 is 1.12 bits per heavy atom. The molecule has 0 heterocycles. The van der Waals surface area contributed by atoms with Crippen molar-refractivity contribution in [1.29, 1.82) is 10.5 Å². The van der Waals surface area contributed by atoms with Crippen LogP contribution >= 0.6 is 0 Å². The summed E-state index contributed by atoms with van der Waals surface area (Å²) >= 11 is 0. The Morgan fingerprint density at radius 1 is 0.824 bits per heavy atom. The molecule has 2 nitrogen and oxygen atoms in total. The number of rotatable bonds is 2. The number of nitriles is 2. The number of alkyl halides is 7. The summed E-state index contributed by atoms with van der Waals surface area (Å²) in [6.45, 7) is 0. The minimum Gasteiger partial charge on any atom is -0.476 e. The molecule has 0 aliphatic heterocycles. The average Bonchev–Trinajstić information content (AvgIpc) is 2.14. The summed E-state index contributed by atoms with van der Waals surface area (Å²) in [5.74, 6) is -13.6. The third-order valence-electron chi connectivity index (χ3n) is 1.63. The standard InChI is InChI=1S/C5BF8N2.Rb/c7-3(8,5(11,12)13)4(9,10)6(14,1-15)2-16;/q-1;+1. The van der Waals surface area contributed by atoms with Crippen molar-refractivity contribution in [1.82, 2.24) is 0 Å². The van der Waals surface area contributed by atoms with Crippen molar-refractivity contribution >= 4 is 6.42 Å². The van der Waals surface area contributed by atoms with Crippen LogP contribution in [0.1, 0.15) is 0 Å². The molecule has 0 aromatic rings. The molecular weight excluding hydrogens is 336 g/mol. The van der Waals surface area contributed by atoms with Gasteiger partial charge in [0, 0.05) is 0 Å². The molecule has 0 spiro atoms. The number of nitrogens with zero attached hydrogens (tertiary/aromatic N) is 2. The smallest absolute Gasteiger partial charge is 0.476 e.